The first-order valence-electron chi connectivity index (χ1n) is 5.53. The van der Waals surface area contributed by atoms with Gasteiger partial charge in [-0.05, 0) is 26.0 Å². The lowest BCUT2D eigenvalue weighted by molar-refractivity contribution is 0.0651. The van der Waals surface area contributed by atoms with E-state index in [1.165, 1.54) is 0 Å². The number of carbonyl (C=O) groups excluding carboxylic acids is 1. The lowest BCUT2D eigenvalue weighted by Gasteiger charge is -2.39. The molecule has 4 heteroatoms. The molecule has 0 saturated carbocycles. The van der Waals surface area contributed by atoms with E-state index in [1.807, 2.05) is 11.0 Å². The van der Waals surface area contributed by atoms with Crippen molar-refractivity contribution in [2.75, 3.05) is 19.6 Å². The fourth-order valence-electron chi connectivity index (χ4n) is 1.99. The normalized spacial score (nSPS) is 19.5. The molecule has 0 unspecified atom stereocenters. The second kappa shape index (κ2) is 4.22. The minimum absolute atomic E-state index is 0.00385. The van der Waals surface area contributed by atoms with Crippen LogP contribution in [0.15, 0.2) is 24.5 Å². The van der Waals surface area contributed by atoms with E-state index in [4.69, 9.17) is 0 Å². The number of piperazine rings is 1. The highest BCUT2D eigenvalue weighted by Gasteiger charge is 2.28. The molecule has 0 aromatic carbocycles. The lowest BCUT2D eigenvalue weighted by Crippen LogP contribution is -2.58. The fourth-order valence-corrected chi connectivity index (χ4v) is 1.99. The van der Waals surface area contributed by atoms with Gasteiger partial charge in [-0.2, -0.15) is 0 Å². The van der Waals surface area contributed by atoms with Gasteiger partial charge in [-0.15, -0.1) is 0 Å². The fraction of sp³-hybridized carbons (Fsp3) is 0.500. The average Bonchev–Trinajstić information content (AvgIpc) is 2.28. The first-order valence-corrected chi connectivity index (χ1v) is 5.53. The quantitative estimate of drug-likeness (QED) is 0.763. The van der Waals surface area contributed by atoms with Gasteiger partial charge in [0.05, 0.1) is 5.56 Å². The Hall–Kier alpha value is -1.42. The number of amides is 1. The highest BCUT2D eigenvalue weighted by molar-refractivity contribution is 5.94. The zero-order valence-electron chi connectivity index (χ0n) is 9.73. The van der Waals surface area contributed by atoms with Crippen LogP contribution < -0.4 is 5.32 Å². The maximum absolute atomic E-state index is 12.1. The molecule has 2 rings (SSSR count). The Kier molecular flexibility index (Phi) is 2.92. The van der Waals surface area contributed by atoms with E-state index in [9.17, 15) is 4.79 Å². The molecule has 1 amide bonds. The molecule has 0 bridgehead atoms. The molecule has 0 atom stereocenters. The number of rotatable bonds is 1. The van der Waals surface area contributed by atoms with Gasteiger partial charge in [-0.3, -0.25) is 9.78 Å². The number of nitrogens with one attached hydrogen (secondary N) is 1. The monoisotopic (exact) mass is 219 g/mol. The van der Waals surface area contributed by atoms with Gasteiger partial charge >= 0.3 is 0 Å². The van der Waals surface area contributed by atoms with Gasteiger partial charge in [-0.1, -0.05) is 0 Å². The van der Waals surface area contributed by atoms with Crippen LogP contribution in [-0.2, 0) is 0 Å². The summed E-state index contributed by atoms with van der Waals surface area (Å²) in [7, 11) is 0. The molecule has 2 heterocycles. The van der Waals surface area contributed by atoms with E-state index in [0.717, 1.165) is 19.6 Å². The Morgan fingerprint density at radius 3 is 3.00 bits per heavy atom. The van der Waals surface area contributed by atoms with Crippen LogP contribution in [0.1, 0.15) is 24.2 Å². The molecule has 1 fully saturated rings. The number of hydrogen-bond acceptors (Lipinski definition) is 3. The third-order valence-electron chi connectivity index (χ3n) is 2.77. The summed E-state index contributed by atoms with van der Waals surface area (Å²) in [5.74, 6) is 0.0719. The Balaban J connectivity index is 2.11. The minimum atomic E-state index is -0.00385. The maximum atomic E-state index is 12.1. The Bertz CT molecular complexity index is 375. The van der Waals surface area contributed by atoms with Crippen molar-refractivity contribution in [2.45, 2.75) is 19.4 Å². The number of pyridine rings is 1. The van der Waals surface area contributed by atoms with Crippen molar-refractivity contribution in [1.82, 2.24) is 15.2 Å². The first kappa shape index (κ1) is 11.1. The molecule has 0 radical (unpaired) electrons. The van der Waals surface area contributed by atoms with Crippen LogP contribution in [0.4, 0.5) is 0 Å². The van der Waals surface area contributed by atoms with Gasteiger partial charge in [0.15, 0.2) is 0 Å². The zero-order valence-corrected chi connectivity index (χ0v) is 9.73. The lowest BCUT2D eigenvalue weighted by atomic mass is 10.0. The van der Waals surface area contributed by atoms with E-state index >= 15 is 0 Å². The van der Waals surface area contributed by atoms with Crippen molar-refractivity contribution in [1.29, 1.82) is 0 Å². The smallest absolute Gasteiger partial charge is 0.255 e. The van der Waals surface area contributed by atoms with Gasteiger partial charge < -0.3 is 10.2 Å². The van der Waals surface area contributed by atoms with Crippen LogP contribution in [0.25, 0.3) is 0 Å². The molecule has 1 N–H and O–H groups in total. The number of nitrogens with zero attached hydrogens (tertiary/aromatic N) is 2. The summed E-state index contributed by atoms with van der Waals surface area (Å²) in [5.41, 5.74) is 0.663. The Labute approximate surface area is 95.7 Å². The summed E-state index contributed by atoms with van der Waals surface area (Å²) in [6.45, 7) is 6.56. The third-order valence-corrected chi connectivity index (χ3v) is 2.77. The predicted octanol–water partition coefficient (Wildman–Crippen LogP) is 0.906. The van der Waals surface area contributed by atoms with Gasteiger partial charge in [0.1, 0.15) is 0 Å². The molecule has 4 nitrogen and oxygen atoms in total. The molecule has 1 aromatic rings. The van der Waals surface area contributed by atoms with Gasteiger partial charge in [-0.25, -0.2) is 0 Å². The van der Waals surface area contributed by atoms with Crippen LogP contribution in [0.3, 0.4) is 0 Å². The van der Waals surface area contributed by atoms with E-state index in [1.54, 1.807) is 18.5 Å². The maximum Gasteiger partial charge on any atom is 0.255 e. The summed E-state index contributed by atoms with van der Waals surface area (Å²) >= 11 is 0. The molecule has 1 saturated heterocycles. The van der Waals surface area contributed by atoms with E-state index in [2.05, 4.69) is 24.1 Å². The molecule has 1 aliphatic rings. The number of hydrogen-bond donors (Lipinski definition) is 1. The molecular formula is C12H17N3O. The highest BCUT2D eigenvalue weighted by atomic mass is 16.2. The van der Waals surface area contributed by atoms with Crippen molar-refractivity contribution in [3.8, 4) is 0 Å². The van der Waals surface area contributed by atoms with Crippen LogP contribution >= 0.6 is 0 Å². The van der Waals surface area contributed by atoms with Crippen LogP contribution in [0.2, 0.25) is 0 Å². The summed E-state index contributed by atoms with van der Waals surface area (Å²) in [5, 5.41) is 3.39. The molecule has 16 heavy (non-hydrogen) atoms. The number of carbonyl (C=O) groups is 1. The minimum Gasteiger partial charge on any atom is -0.335 e. The first-order chi connectivity index (χ1) is 7.58. The number of aromatic nitrogens is 1. The van der Waals surface area contributed by atoms with Gasteiger partial charge in [0.25, 0.3) is 5.91 Å². The van der Waals surface area contributed by atoms with Crippen molar-refractivity contribution in [3.63, 3.8) is 0 Å². The molecular weight excluding hydrogens is 202 g/mol. The van der Waals surface area contributed by atoms with Crippen LogP contribution in [0.5, 0.6) is 0 Å². The van der Waals surface area contributed by atoms with E-state index < -0.39 is 0 Å². The Morgan fingerprint density at radius 1 is 1.56 bits per heavy atom. The van der Waals surface area contributed by atoms with Crippen LogP contribution in [-0.4, -0.2) is 41.0 Å². The van der Waals surface area contributed by atoms with Crippen molar-refractivity contribution in [3.05, 3.63) is 30.1 Å². The Morgan fingerprint density at radius 2 is 2.38 bits per heavy atom. The second-order valence-corrected chi connectivity index (χ2v) is 4.78. The largest absolute Gasteiger partial charge is 0.335 e. The summed E-state index contributed by atoms with van der Waals surface area (Å²) < 4.78 is 0. The highest BCUT2D eigenvalue weighted by Crippen LogP contribution is 2.13. The molecule has 1 aromatic heterocycles. The summed E-state index contributed by atoms with van der Waals surface area (Å²) in [6, 6.07) is 3.60. The third kappa shape index (κ3) is 2.39. The molecule has 1 aliphatic heterocycles. The zero-order chi connectivity index (χ0) is 11.6. The van der Waals surface area contributed by atoms with E-state index in [0.29, 0.717) is 5.56 Å². The molecule has 0 aliphatic carbocycles. The van der Waals surface area contributed by atoms with Crippen molar-refractivity contribution in [2.24, 2.45) is 0 Å². The van der Waals surface area contributed by atoms with Crippen LogP contribution in [0, 0.1) is 0 Å². The standard InChI is InChI=1S/C12H17N3O/c1-12(2)9-15(7-6-14-12)11(16)10-4-3-5-13-8-10/h3-5,8,14H,6-7,9H2,1-2H3. The molecule has 0 spiro atoms. The predicted molar refractivity (Wildman–Crippen MR) is 62.2 cm³/mol. The van der Waals surface area contributed by atoms with Gasteiger partial charge in [0, 0.05) is 37.6 Å². The average molecular weight is 219 g/mol. The van der Waals surface area contributed by atoms with E-state index in [-0.39, 0.29) is 11.4 Å². The summed E-state index contributed by atoms with van der Waals surface area (Å²) in [4.78, 5) is 18.0. The topological polar surface area (TPSA) is 45.2 Å². The SMILES string of the molecule is CC1(C)CN(C(=O)c2cccnc2)CCN1. The molecule has 86 valence electrons. The van der Waals surface area contributed by atoms with Crippen molar-refractivity contribution >= 4 is 5.91 Å². The summed E-state index contributed by atoms with van der Waals surface area (Å²) in [6.07, 6.45) is 3.30. The van der Waals surface area contributed by atoms with Gasteiger partial charge in [0.2, 0.25) is 0 Å². The second-order valence-electron chi connectivity index (χ2n) is 4.78. The van der Waals surface area contributed by atoms with Crippen molar-refractivity contribution < 1.29 is 4.79 Å².